The summed E-state index contributed by atoms with van der Waals surface area (Å²) in [6.07, 6.45) is -4.87. The predicted octanol–water partition coefficient (Wildman–Crippen LogP) is 7.02. The number of hydrogen-bond acceptors (Lipinski definition) is 3. The Morgan fingerprint density at radius 2 is 1.54 bits per heavy atom. The molecule has 0 bridgehead atoms. The van der Waals surface area contributed by atoms with E-state index in [9.17, 15) is 28.2 Å². The quantitative estimate of drug-likeness (QED) is 0.307. The number of alkyl halides is 3. The van der Waals surface area contributed by atoms with Crippen molar-refractivity contribution >= 4 is 5.97 Å². The molecule has 0 amide bonds. The third-order valence-corrected chi connectivity index (χ3v) is 6.68. The number of aliphatic hydroxyl groups excluding tert-OH is 1. The number of fused-ring (bicyclic) bond motifs is 1. The van der Waals surface area contributed by atoms with Crippen LogP contribution in [0.3, 0.4) is 0 Å². The van der Waals surface area contributed by atoms with Gasteiger partial charge in [0.25, 0.3) is 0 Å². The van der Waals surface area contributed by atoms with Gasteiger partial charge < -0.3 is 14.9 Å². The van der Waals surface area contributed by atoms with E-state index >= 15 is 0 Å². The zero-order chi connectivity index (χ0) is 26.2. The average Bonchev–Trinajstić information content (AvgIpc) is 2.90. The van der Waals surface area contributed by atoms with Crippen molar-refractivity contribution < 1.29 is 32.9 Å². The fraction of sp³-hybridized carbons (Fsp3) is 0.167. The third kappa shape index (κ3) is 5.08. The highest BCUT2D eigenvalue weighted by molar-refractivity contribution is 5.96. The maximum Gasteiger partial charge on any atom is 0.416 e. The van der Waals surface area contributed by atoms with E-state index in [2.05, 4.69) is 0 Å². The van der Waals surface area contributed by atoms with Crippen molar-refractivity contribution in [2.75, 3.05) is 6.61 Å². The molecule has 37 heavy (non-hydrogen) atoms. The lowest BCUT2D eigenvalue weighted by Gasteiger charge is -2.31. The lowest BCUT2D eigenvalue weighted by molar-refractivity contribution is -0.137. The van der Waals surface area contributed by atoms with Crippen LogP contribution in [0.4, 0.5) is 13.2 Å². The van der Waals surface area contributed by atoms with Gasteiger partial charge in [-0.3, -0.25) is 0 Å². The molecular weight excluding hydrogens is 481 g/mol. The summed E-state index contributed by atoms with van der Waals surface area (Å²) in [6.45, 7) is 0.215. The predicted molar refractivity (Wildman–Crippen MR) is 133 cm³/mol. The molecule has 188 valence electrons. The fourth-order valence-corrected chi connectivity index (χ4v) is 4.70. The first-order valence-electron chi connectivity index (χ1n) is 11.7. The number of carboxylic acid groups (broad SMARTS) is 1. The first-order chi connectivity index (χ1) is 17.7. The van der Waals surface area contributed by atoms with Crippen LogP contribution in [0.25, 0.3) is 22.3 Å². The van der Waals surface area contributed by atoms with Gasteiger partial charge in [0.05, 0.1) is 23.8 Å². The van der Waals surface area contributed by atoms with Gasteiger partial charge in [0.15, 0.2) is 0 Å². The Hall–Kier alpha value is -4.10. The molecule has 0 radical (unpaired) electrons. The third-order valence-electron chi connectivity index (χ3n) is 6.68. The standard InChI is InChI=1S/C30H23F3O4/c31-30(32,33)23-11-13-24(29(35)36)26(16-23)21-10-12-25-27(15-21)37-17-22(28(25)34)14-18-6-8-20(9-7-18)19-4-2-1-3-5-19/h1-13,15-16,22,28,34H,14,17H2,(H,35,36)/t22-,28+/m0/s1. The molecule has 4 nitrogen and oxygen atoms in total. The zero-order valence-electron chi connectivity index (χ0n) is 19.6. The SMILES string of the molecule is O=C(O)c1ccc(C(F)(F)F)cc1-c1ccc2c(c1)OC[C@H](Cc1ccc(-c3ccccc3)cc1)[C@H]2O. The highest BCUT2D eigenvalue weighted by Gasteiger charge is 2.33. The molecule has 1 aliphatic rings. The molecule has 0 aromatic heterocycles. The van der Waals surface area contributed by atoms with Crippen molar-refractivity contribution in [3.63, 3.8) is 0 Å². The molecule has 7 heteroatoms. The van der Waals surface area contributed by atoms with Crippen LogP contribution in [-0.2, 0) is 12.6 Å². The summed E-state index contributed by atoms with van der Waals surface area (Å²) in [5.41, 5.74) is 2.79. The average molecular weight is 505 g/mol. The lowest BCUT2D eigenvalue weighted by atomic mass is 9.86. The van der Waals surface area contributed by atoms with Crippen LogP contribution < -0.4 is 4.74 Å². The Morgan fingerprint density at radius 1 is 0.865 bits per heavy atom. The van der Waals surface area contributed by atoms with Crippen LogP contribution in [0.1, 0.15) is 33.2 Å². The highest BCUT2D eigenvalue weighted by Crippen LogP contribution is 2.41. The summed E-state index contributed by atoms with van der Waals surface area (Å²) in [4.78, 5) is 11.7. The van der Waals surface area contributed by atoms with E-state index < -0.39 is 23.8 Å². The highest BCUT2D eigenvalue weighted by atomic mass is 19.4. The number of aromatic carboxylic acids is 1. The van der Waals surface area contributed by atoms with Gasteiger partial charge in [0.1, 0.15) is 5.75 Å². The van der Waals surface area contributed by atoms with Crippen molar-refractivity contribution in [3.05, 3.63) is 113 Å². The number of carboxylic acids is 1. The van der Waals surface area contributed by atoms with E-state index in [1.165, 1.54) is 12.1 Å². The van der Waals surface area contributed by atoms with E-state index in [4.69, 9.17) is 4.74 Å². The van der Waals surface area contributed by atoms with Gasteiger partial charge in [0, 0.05) is 11.5 Å². The van der Waals surface area contributed by atoms with Gasteiger partial charge in [-0.15, -0.1) is 0 Å². The molecule has 5 rings (SSSR count). The molecular formula is C30H23F3O4. The maximum absolute atomic E-state index is 13.3. The Bertz CT molecular complexity index is 1430. The minimum Gasteiger partial charge on any atom is -0.493 e. The summed E-state index contributed by atoms with van der Waals surface area (Å²) in [5.74, 6) is -1.22. The molecule has 1 aliphatic heterocycles. The number of ether oxygens (including phenoxy) is 1. The van der Waals surface area contributed by atoms with Gasteiger partial charge in [-0.1, -0.05) is 66.7 Å². The van der Waals surface area contributed by atoms with E-state index in [0.29, 0.717) is 17.7 Å². The second kappa shape index (κ2) is 9.75. The van der Waals surface area contributed by atoms with Crippen molar-refractivity contribution in [2.45, 2.75) is 18.7 Å². The van der Waals surface area contributed by atoms with Crippen LogP contribution in [0.5, 0.6) is 5.75 Å². The summed E-state index contributed by atoms with van der Waals surface area (Å²) >= 11 is 0. The van der Waals surface area contributed by atoms with E-state index in [1.807, 2.05) is 54.6 Å². The molecule has 0 saturated carbocycles. The van der Waals surface area contributed by atoms with Gasteiger partial charge in [-0.2, -0.15) is 13.2 Å². The molecule has 0 spiro atoms. The van der Waals surface area contributed by atoms with E-state index in [1.54, 1.807) is 6.07 Å². The topological polar surface area (TPSA) is 66.8 Å². The van der Waals surface area contributed by atoms with Crippen LogP contribution >= 0.6 is 0 Å². The molecule has 2 N–H and O–H groups in total. The Labute approximate surface area is 211 Å². The normalized spacial score (nSPS) is 17.1. The smallest absolute Gasteiger partial charge is 0.416 e. The van der Waals surface area contributed by atoms with Crippen LogP contribution in [0.2, 0.25) is 0 Å². The van der Waals surface area contributed by atoms with Gasteiger partial charge >= 0.3 is 12.1 Å². The molecule has 0 unspecified atom stereocenters. The number of rotatable bonds is 5. The molecule has 4 aromatic rings. The molecule has 1 heterocycles. The number of halogens is 3. The Kier molecular flexibility index (Phi) is 6.48. The number of aliphatic hydroxyl groups is 1. The van der Waals surface area contributed by atoms with Crippen molar-refractivity contribution in [1.29, 1.82) is 0 Å². The summed E-state index contributed by atoms with van der Waals surface area (Å²) < 4.78 is 45.7. The molecule has 4 aromatic carbocycles. The zero-order valence-corrected chi connectivity index (χ0v) is 19.6. The number of benzene rings is 4. The van der Waals surface area contributed by atoms with Crippen LogP contribution in [0, 0.1) is 5.92 Å². The van der Waals surface area contributed by atoms with Crippen LogP contribution in [0.15, 0.2) is 91.0 Å². The maximum atomic E-state index is 13.3. The summed E-state index contributed by atoms with van der Waals surface area (Å²) in [5, 5.41) is 20.6. The lowest BCUT2D eigenvalue weighted by Crippen LogP contribution is -2.27. The van der Waals surface area contributed by atoms with E-state index in [0.717, 1.165) is 34.9 Å². The fourth-order valence-electron chi connectivity index (χ4n) is 4.70. The molecule has 2 atom stereocenters. The molecule has 0 aliphatic carbocycles. The Morgan fingerprint density at radius 3 is 2.22 bits per heavy atom. The second-order valence-corrected chi connectivity index (χ2v) is 9.10. The largest absolute Gasteiger partial charge is 0.493 e. The number of hydrogen-bond donors (Lipinski definition) is 2. The summed E-state index contributed by atoms with van der Waals surface area (Å²) in [7, 11) is 0. The van der Waals surface area contributed by atoms with Crippen molar-refractivity contribution in [3.8, 4) is 28.0 Å². The summed E-state index contributed by atoms with van der Waals surface area (Å²) in [6, 6.07) is 25.3. The first-order valence-corrected chi connectivity index (χ1v) is 11.7. The van der Waals surface area contributed by atoms with Crippen LogP contribution in [-0.4, -0.2) is 22.8 Å². The van der Waals surface area contributed by atoms with Gasteiger partial charge in [0.2, 0.25) is 0 Å². The first kappa shape index (κ1) is 24.6. The van der Waals surface area contributed by atoms with Gasteiger partial charge in [-0.05, 0) is 58.5 Å². The molecule has 0 saturated heterocycles. The number of carbonyl (C=O) groups is 1. The van der Waals surface area contributed by atoms with Gasteiger partial charge in [-0.25, -0.2) is 4.79 Å². The van der Waals surface area contributed by atoms with Crippen molar-refractivity contribution in [1.82, 2.24) is 0 Å². The monoisotopic (exact) mass is 504 g/mol. The molecule has 0 fully saturated rings. The minimum atomic E-state index is -4.61. The Balaban J connectivity index is 1.38. The second-order valence-electron chi connectivity index (χ2n) is 9.10. The van der Waals surface area contributed by atoms with E-state index in [-0.39, 0.29) is 29.2 Å². The minimum absolute atomic E-state index is 0.0659. The van der Waals surface area contributed by atoms with Crippen molar-refractivity contribution in [2.24, 2.45) is 5.92 Å².